The molecule has 0 radical (unpaired) electrons. The van der Waals surface area contributed by atoms with Crippen LogP contribution in [0, 0.1) is 37.8 Å². The second-order valence-corrected chi connectivity index (χ2v) is 4.88. The van der Waals surface area contributed by atoms with Gasteiger partial charge in [-0.25, -0.2) is 4.79 Å². The molecule has 0 bridgehead atoms. The molecule has 0 saturated heterocycles. The Morgan fingerprint density at radius 1 is 1.10 bits per heavy atom. The lowest BCUT2D eigenvalue weighted by molar-refractivity contribution is -0.384. The summed E-state index contributed by atoms with van der Waals surface area (Å²) in [5, 5.41) is 15.6. The minimum Gasteiger partial charge on any atom is -0.301 e. The number of nitrogens with zero attached hydrogens (tertiary/aromatic N) is 1. The second-order valence-electron chi connectivity index (χ2n) is 4.62. The number of rotatable bonds is 3. The molecule has 0 aliphatic rings. The van der Waals surface area contributed by atoms with Crippen LogP contribution in [0.2, 0.25) is 0 Å². The SMILES string of the molecule is Cc1c(C)c(C)c([N+](=O)[O-])c(NC(=O)NC(=O)CCl)c1C. The number of imide groups is 1. The first kappa shape index (κ1) is 16.9. The normalized spacial score (nSPS) is 10.1. The van der Waals surface area contributed by atoms with Gasteiger partial charge in [0.2, 0.25) is 5.91 Å². The fourth-order valence-corrected chi connectivity index (χ4v) is 2.05. The number of halogens is 1. The van der Waals surface area contributed by atoms with Crippen LogP contribution in [-0.2, 0) is 4.79 Å². The maximum absolute atomic E-state index is 11.7. The first-order valence-corrected chi connectivity index (χ1v) is 6.65. The summed E-state index contributed by atoms with van der Waals surface area (Å²) in [5.74, 6) is -1.06. The molecule has 0 aliphatic carbocycles. The number of nitro benzene ring substituents is 1. The largest absolute Gasteiger partial charge is 0.326 e. The van der Waals surface area contributed by atoms with Gasteiger partial charge in [-0.15, -0.1) is 11.6 Å². The highest BCUT2D eigenvalue weighted by Gasteiger charge is 2.25. The van der Waals surface area contributed by atoms with Gasteiger partial charge in [-0.05, 0) is 44.4 Å². The molecule has 8 heteroatoms. The number of urea groups is 1. The van der Waals surface area contributed by atoms with Crippen LogP contribution >= 0.6 is 11.6 Å². The lowest BCUT2D eigenvalue weighted by atomic mass is 9.95. The molecule has 3 amide bonds. The summed E-state index contributed by atoms with van der Waals surface area (Å²) in [7, 11) is 0. The lowest BCUT2D eigenvalue weighted by Crippen LogP contribution is -2.35. The van der Waals surface area contributed by atoms with Gasteiger partial charge in [0.05, 0.1) is 4.92 Å². The van der Waals surface area contributed by atoms with Gasteiger partial charge in [0.15, 0.2) is 0 Å². The Morgan fingerprint density at radius 3 is 2.10 bits per heavy atom. The highest BCUT2D eigenvalue weighted by molar-refractivity contribution is 6.28. The molecule has 0 unspecified atom stereocenters. The molecule has 2 N–H and O–H groups in total. The summed E-state index contributed by atoms with van der Waals surface area (Å²) in [4.78, 5) is 33.5. The van der Waals surface area contributed by atoms with E-state index in [9.17, 15) is 19.7 Å². The summed E-state index contributed by atoms with van der Waals surface area (Å²) in [6, 6.07) is -0.852. The first-order valence-electron chi connectivity index (χ1n) is 6.12. The van der Waals surface area contributed by atoms with Crippen LogP contribution in [0.4, 0.5) is 16.2 Å². The number of carbonyl (C=O) groups excluding carboxylic acids is 2. The van der Waals surface area contributed by atoms with Crippen molar-refractivity contribution in [3.05, 3.63) is 32.4 Å². The Kier molecular flexibility index (Phi) is 5.26. The number of carbonyl (C=O) groups is 2. The maximum atomic E-state index is 11.7. The van der Waals surface area contributed by atoms with E-state index in [1.807, 2.05) is 12.2 Å². The Balaban J connectivity index is 3.32. The zero-order valence-electron chi connectivity index (χ0n) is 12.2. The second kappa shape index (κ2) is 6.53. The molecule has 1 aromatic rings. The topological polar surface area (TPSA) is 101 Å². The molecule has 0 fully saturated rings. The van der Waals surface area contributed by atoms with Crippen LogP contribution in [-0.4, -0.2) is 22.7 Å². The third-order valence-corrected chi connectivity index (χ3v) is 3.69. The summed E-state index contributed by atoms with van der Waals surface area (Å²) in [6.45, 7) is 6.89. The number of hydrogen-bond acceptors (Lipinski definition) is 4. The monoisotopic (exact) mass is 313 g/mol. The van der Waals surface area contributed by atoms with E-state index in [4.69, 9.17) is 11.6 Å². The van der Waals surface area contributed by atoms with Crippen molar-refractivity contribution in [2.75, 3.05) is 11.2 Å². The fraction of sp³-hybridized carbons (Fsp3) is 0.385. The van der Waals surface area contributed by atoms with Crippen molar-refractivity contribution in [3.8, 4) is 0 Å². The zero-order valence-corrected chi connectivity index (χ0v) is 12.9. The minimum absolute atomic E-state index is 0.0838. The van der Waals surface area contributed by atoms with Gasteiger partial charge in [0.1, 0.15) is 11.6 Å². The minimum atomic E-state index is -0.852. The summed E-state index contributed by atoms with van der Waals surface area (Å²) in [5.41, 5.74) is 2.60. The number of hydrogen-bond donors (Lipinski definition) is 2. The van der Waals surface area contributed by atoms with Gasteiger partial charge in [-0.1, -0.05) is 0 Å². The molecule has 21 heavy (non-hydrogen) atoms. The van der Waals surface area contributed by atoms with Crippen LogP contribution in [0.15, 0.2) is 0 Å². The third-order valence-electron chi connectivity index (χ3n) is 3.45. The molecule has 0 heterocycles. The quantitative estimate of drug-likeness (QED) is 0.509. The summed E-state index contributed by atoms with van der Waals surface area (Å²) < 4.78 is 0. The molecule has 0 aliphatic heterocycles. The van der Waals surface area contributed by atoms with E-state index in [0.717, 1.165) is 11.1 Å². The van der Waals surface area contributed by atoms with E-state index in [2.05, 4.69) is 5.32 Å². The Labute approximate surface area is 126 Å². The smallest absolute Gasteiger partial charge is 0.301 e. The van der Waals surface area contributed by atoms with Gasteiger partial charge >= 0.3 is 6.03 Å². The van der Waals surface area contributed by atoms with Gasteiger partial charge in [0.25, 0.3) is 5.69 Å². The van der Waals surface area contributed by atoms with E-state index in [1.165, 1.54) is 0 Å². The molecule has 0 atom stereocenters. The predicted molar refractivity (Wildman–Crippen MR) is 79.9 cm³/mol. The number of amides is 3. The van der Waals surface area contributed by atoms with Crippen molar-refractivity contribution in [3.63, 3.8) is 0 Å². The first-order chi connectivity index (χ1) is 9.70. The molecule has 114 valence electrons. The van der Waals surface area contributed by atoms with Gasteiger partial charge in [-0.2, -0.15) is 0 Å². The molecule has 0 spiro atoms. The summed E-state index contributed by atoms with van der Waals surface area (Å²) >= 11 is 5.28. The average Bonchev–Trinajstić information content (AvgIpc) is 2.41. The van der Waals surface area contributed by atoms with E-state index < -0.39 is 16.9 Å². The number of benzene rings is 1. The van der Waals surface area contributed by atoms with E-state index >= 15 is 0 Å². The Morgan fingerprint density at radius 2 is 1.62 bits per heavy atom. The van der Waals surface area contributed by atoms with E-state index in [-0.39, 0.29) is 17.3 Å². The van der Waals surface area contributed by atoms with Crippen LogP contribution in [0.25, 0.3) is 0 Å². The van der Waals surface area contributed by atoms with E-state index in [0.29, 0.717) is 11.1 Å². The maximum Gasteiger partial charge on any atom is 0.326 e. The van der Waals surface area contributed by atoms with Gasteiger partial charge in [0, 0.05) is 5.56 Å². The van der Waals surface area contributed by atoms with Crippen LogP contribution in [0.3, 0.4) is 0 Å². The van der Waals surface area contributed by atoms with Crippen molar-refractivity contribution in [1.29, 1.82) is 0 Å². The molecular weight excluding hydrogens is 298 g/mol. The number of anilines is 1. The molecular formula is C13H16ClN3O4. The standard InChI is InChI=1S/C13H16ClN3O4/c1-6-7(2)9(4)12(17(20)21)11(8(6)3)16-13(19)15-10(18)5-14/h5H2,1-4H3,(H2,15,16,18,19). The van der Waals surface area contributed by atoms with Crippen molar-refractivity contribution in [2.45, 2.75) is 27.7 Å². The van der Waals surface area contributed by atoms with Crippen LogP contribution in [0.5, 0.6) is 0 Å². The molecule has 0 aromatic heterocycles. The Bertz CT molecular complexity index is 629. The fourth-order valence-electron chi connectivity index (χ4n) is 1.98. The molecule has 1 rings (SSSR count). The van der Waals surface area contributed by atoms with Gasteiger partial charge < -0.3 is 5.32 Å². The highest BCUT2D eigenvalue weighted by atomic mass is 35.5. The zero-order chi connectivity index (χ0) is 16.3. The van der Waals surface area contributed by atoms with Crippen molar-refractivity contribution < 1.29 is 14.5 Å². The average molecular weight is 314 g/mol. The summed E-state index contributed by atoms with van der Waals surface area (Å²) in [6.07, 6.45) is 0. The third kappa shape index (κ3) is 3.49. The lowest BCUT2D eigenvalue weighted by Gasteiger charge is -2.16. The Hall–Kier alpha value is -2.15. The predicted octanol–water partition coefficient (Wildman–Crippen LogP) is 2.72. The molecule has 0 saturated carbocycles. The van der Waals surface area contributed by atoms with Gasteiger partial charge in [-0.3, -0.25) is 20.2 Å². The highest BCUT2D eigenvalue weighted by Crippen LogP contribution is 2.36. The molecule has 7 nitrogen and oxygen atoms in total. The van der Waals surface area contributed by atoms with Crippen LogP contribution in [0.1, 0.15) is 22.3 Å². The van der Waals surface area contributed by atoms with E-state index in [1.54, 1.807) is 20.8 Å². The number of alkyl halides is 1. The molecule has 1 aromatic carbocycles. The van der Waals surface area contributed by atoms with Crippen molar-refractivity contribution in [1.82, 2.24) is 5.32 Å². The van der Waals surface area contributed by atoms with Crippen molar-refractivity contribution >= 4 is 34.9 Å². The number of nitrogens with one attached hydrogen (secondary N) is 2. The van der Waals surface area contributed by atoms with Crippen LogP contribution < -0.4 is 10.6 Å². The van der Waals surface area contributed by atoms with Crippen molar-refractivity contribution in [2.24, 2.45) is 0 Å². The number of nitro groups is 1.